The molecule has 2 aliphatic rings. The highest BCUT2D eigenvalue weighted by Crippen LogP contribution is 2.28. The van der Waals surface area contributed by atoms with Crippen LogP contribution in [0.25, 0.3) is 0 Å². The average Bonchev–Trinajstić information content (AvgIpc) is 2.59. The summed E-state index contributed by atoms with van der Waals surface area (Å²) in [5, 5.41) is 3.33. The van der Waals surface area contributed by atoms with Crippen molar-refractivity contribution in [2.24, 2.45) is 11.7 Å². The van der Waals surface area contributed by atoms with E-state index in [0.29, 0.717) is 12.0 Å². The molecule has 2 fully saturated rings. The van der Waals surface area contributed by atoms with Crippen LogP contribution in [0, 0.1) is 5.92 Å². The zero-order valence-corrected chi connectivity index (χ0v) is 10.1. The largest absolute Gasteiger partial charge is 0.337 e. The average molecular weight is 234 g/mol. The summed E-state index contributed by atoms with van der Waals surface area (Å²) in [6.45, 7) is 6.44. The molecule has 0 aromatic heterocycles. The fourth-order valence-electron chi connectivity index (χ4n) is 2.47. The van der Waals surface area contributed by atoms with Crippen molar-refractivity contribution in [3.8, 4) is 0 Å². The summed E-state index contributed by atoms with van der Waals surface area (Å²) >= 11 is 0. The molecule has 88 valence electrons. The second kappa shape index (κ2) is 4.28. The Kier molecular flexibility index (Phi) is 3.63. The highest BCUT2D eigenvalue weighted by molar-refractivity contribution is 5.86. The van der Waals surface area contributed by atoms with Crippen molar-refractivity contribution in [3.63, 3.8) is 0 Å². The van der Waals surface area contributed by atoms with Gasteiger partial charge in [-0.15, -0.1) is 12.4 Å². The predicted molar refractivity (Wildman–Crippen MR) is 62.0 cm³/mol. The number of hydrogen-bond donors (Lipinski definition) is 2. The molecule has 15 heavy (non-hydrogen) atoms. The van der Waals surface area contributed by atoms with Crippen molar-refractivity contribution >= 4 is 18.3 Å². The maximum Gasteiger partial charge on any atom is 0.242 e. The maximum atomic E-state index is 12.0. The Morgan fingerprint density at radius 1 is 1.47 bits per heavy atom. The van der Waals surface area contributed by atoms with E-state index in [1.165, 1.54) is 0 Å². The van der Waals surface area contributed by atoms with Crippen LogP contribution in [0.3, 0.4) is 0 Å². The third-order valence-corrected chi connectivity index (χ3v) is 3.26. The number of amides is 1. The first-order valence-corrected chi connectivity index (χ1v) is 5.31. The Balaban J connectivity index is 0.00000112. The van der Waals surface area contributed by atoms with E-state index in [0.717, 1.165) is 26.1 Å². The minimum absolute atomic E-state index is 0. The number of nitrogens with one attached hydrogen (secondary N) is 1. The van der Waals surface area contributed by atoms with Crippen LogP contribution in [0.4, 0.5) is 0 Å². The van der Waals surface area contributed by atoms with Gasteiger partial charge in [0.2, 0.25) is 5.91 Å². The molecular formula is C10H20ClN3O. The van der Waals surface area contributed by atoms with Crippen molar-refractivity contribution in [1.29, 1.82) is 0 Å². The van der Waals surface area contributed by atoms with E-state index >= 15 is 0 Å². The second-order valence-corrected chi connectivity index (χ2v) is 4.99. The summed E-state index contributed by atoms with van der Waals surface area (Å²) in [5.74, 6) is 0.745. The molecule has 2 atom stereocenters. The van der Waals surface area contributed by atoms with Gasteiger partial charge in [0, 0.05) is 25.7 Å². The van der Waals surface area contributed by atoms with Gasteiger partial charge in [0.1, 0.15) is 0 Å². The highest BCUT2D eigenvalue weighted by Gasteiger charge is 2.42. The lowest BCUT2D eigenvalue weighted by Crippen LogP contribution is -2.53. The molecule has 0 unspecified atom stereocenters. The molecular weight excluding hydrogens is 214 g/mol. The molecule has 3 N–H and O–H groups in total. The first kappa shape index (κ1) is 12.7. The van der Waals surface area contributed by atoms with E-state index in [4.69, 9.17) is 5.73 Å². The van der Waals surface area contributed by atoms with Gasteiger partial charge in [-0.25, -0.2) is 0 Å². The number of rotatable bonds is 1. The molecule has 2 heterocycles. The fourth-order valence-corrected chi connectivity index (χ4v) is 2.47. The molecule has 0 aromatic rings. The Bertz CT molecular complexity index is 252. The normalized spacial score (nSPS) is 29.9. The van der Waals surface area contributed by atoms with E-state index in [-0.39, 0.29) is 18.3 Å². The van der Waals surface area contributed by atoms with Crippen LogP contribution >= 0.6 is 12.4 Å². The molecule has 1 amide bonds. The van der Waals surface area contributed by atoms with Gasteiger partial charge in [-0.2, -0.15) is 0 Å². The van der Waals surface area contributed by atoms with Crippen molar-refractivity contribution in [1.82, 2.24) is 10.2 Å². The zero-order chi connectivity index (χ0) is 10.3. The molecule has 0 aliphatic carbocycles. The number of nitrogens with zero attached hydrogens (tertiary/aromatic N) is 1. The molecule has 0 aromatic carbocycles. The van der Waals surface area contributed by atoms with Gasteiger partial charge < -0.3 is 16.0 Å². The molecule has 0 saturated carbocycles. The van der Waals surface area contributed by atoms with Gasteiger partial charge in [0.05, 0.1) is 5.54 Å². The lowest BCUT2D eigenvalue weighted by molar-refractivity contribution is -0.136. The van der Waals surface area contributed by atoms with E-state index in [1.807, 2.05) is 4.90 Å². The Labute approximate surface area is 97.0 Å². The Hall–Kier alpha value is -0.320. The van der Waals surface area contributed by atoms with Crippen LogP contribution in [-0.2, 0) is 4.79 Å². The lowest BCUT2D eigenvalue weighted by atomic mass is 10.0. The quantitative estimate of drug-likeness (QED) is 0.669. The van der Waals surface area contributed by atoms with Crippen LogP contribution in [0.2, 0.25) is 0 Å². The number of fused-ring (bicyclic) bond motifs is 1. The summed E-state index contributed by atoms with van der Waals surface area (Å²) < 4.78 is 0. The van der Waals surface area contributed by atoms with Crippen LogP contribution in [-0.4, -0.2) is 42.0 Å². The summed E-state index contributed by atoms with van der Waals surface area (Å²) in [6.07, 6.45) is 1.12. The van der Waals surface area contributed by atoms with E-state index in [2.05, 4.69) is 5.32 Å². The van der Waals surface area contributed by atoms with Gasteiger partial charge in [0.15, 0.2) is 0 Å². The molecule has 2 aliphatic heterocycles. The number of nitrogens with two attached hydrogens (primary N) is 1. The van der Waals surface area contributed by atoms with Crippen molar-refractivity contribution in [3.05, 3.63) is 0 Å². The summed E-state index contributed by atoms with van der Waals surface area (Å²) in [4.78, 5) is 13.9. The van der Waals surface area contributed by atoms with E-state index < -0.39 is 5.54 Å². The molecule has 0 spiro atoms. The highest BCUT2D eigenvalue weighted by atomic mass is 35.5. The minimum Gasteiger partial charge on any atom is -0.337 e. The van der Waals surface area contributed by atoms with Gasteiger partial charge >= 0.3 is 0 Å². The molecule has 0 bridgehead atoms. The lowest BCUT2D eigenvalue weighted by Gasteiger charge is -2.30. The minimum atomic E-state index is -0.725. The summed E-state index contributed by atoms with van der Waals surface area (Å²) in [7, 11) is 0. The number of likely N-dealkylation sites (tertiary alicyclic amines) is 1. The summed E-state index contributed by atoms with van der Waals surface area (Å²) in [5.41, 5.74) is 5.11. The molecule has 2 saturated heterocycles. The van der Waals surface area contributed by atoms with Gasteiger partial charge in [-0.1, -0.05) is 0 Å². The number of carbonyl (C=O) groups is 1. The van der Waals surface area contributed by atoms with Crippen LogP contribution < -0.4 is 11.1 Å². The Morgan fingerprint density at radius 2 is 2.13 bits per heavy atom. The van der Waals surface area contributed by atoms with Crippen molar-refractivity contribution in [2.45, 2.75) is 31.8 Å². The van der Waals surface area contributed by atoms with Crippen LogP contribution in [0.5, 0.6) is 0 Å². The molecule has 4 nitrogen and oxygen atoms in total. The topological polar surface area (TPSA) is 58.4 Å². The first-order chi connectivity index (χ1) is 6.50. The van der Waals surface area contributed by atoms with Gasteiger partial charge in [0.25, 0.3) is 0 Å². The monoisotopic (exact) mass is 233 g/mol. The summed E-state index contributed by atoms with van der Waals surface area (Å²) in [6, 6.07) is 0.394. The molecule has 2 rings (SSSR count). The third-order valence-electron chi connectivity index (χ3n) is 3.26. The number of hydrogen-bond acceptors (Lipinski definition) is 3. The SMILES string of the molecule is CC(C)(N)C(=O)N1CC[C@H]2CNC[C@H]21.Cl. The van der Waals surface area contributed by atoms with E-state index in [9.17, 15) is 4.79 Å². The van der Waals surface area contributed by atoms with Crippen molar-refractivity contribution in [2.75, 3.05) is 19.6 Å². The molecule has 0 radical (unpaired) electrons. The zero-order valence-electron chi connectivity index (χ0n) is 9.32. The van der Waals surface area contributed by atoms with Crippen LogP contribution in [0.15, 0.2) is 0 Å². The third kappa shape index (κ3) is 2.27. The van der Waals surface area contributed by atoms with Crippen molar-refractivity contribution < 1.29 is 4.79 Å². The molecule has 5 heteroatoms. The fraction of sp³-hybridized carbons (Fsp3) is 0.900. The van der Waals surface area contributed by atoms with Crippen LogP contribution in [0.1, 0.15) is 20.3 Å². The van der Waals surface area contributed by atoms with Gasteiger partial charge in [-0.3, -0.25) is 4.79 Å². The first-order valence-electron chi connectivity index (χ1n) is 5.31. The number of halogens is 1. The smallest absolute Gasteiger partial charge is 0.242 e. The Morgan fingerprint density at radius 3 is 2.73 bits per heavy atom. The second-order valence-electron chi connectivity index (χ2n) is 4.99. The predicted octanol–water partition coefficient (Wildman–Crippen LogP) is -0.0342. The number of carbonyl (C=O) groups excluding carboxylic acids is 1. The van der Waals surface area contributed by atoms with Gasteiger partial charge in [-0.05, 0) is 26.2 Å². The standard InChI is InChI=1S/C10H19N3O.ClH/c1-10(2,11)9(14)13-4-3-7-5-12-6-8(7)13;/h7-8,12H,3-6,11H2,1-2H3;1H/t7-,8+;/m0./s1. The maximum absolute atomic E-state index is 12.0. The van der Waals surface area contributed by atoms with E-state index in [1.54, 1.807) is 13.8 Å².